The normalized spacial score (nSPS) is 18.9. The summed E-state index contributed by atoms with van der Waals surface area (Å²) in [6.45, 7) is 7.76. The molecule has 1 fully saturated rings. The van der Waals surface area contributed by atoms with Crippen molar-refractivity contribution in [1.82, 2.24) is 19.1 Å². The van der Waals surface area contributed by atoms with Gasteiger partial charge in [-0.2, -0.15) is 0 Å². The van der Waals surface area contributed by atoms with Crippen molar-refractivity contribution in [2.45, 2.75) is 97.2 Å². The number of hydrogen-bond acceptors (Lipinski definition) is 5. The first-order chi connectivity index (χ1) is 18.2. The van der Waals surface area contributed by atoms with Crippen LogP contribution in [0.4, 0.5) is 10.3 Å². The number of rotatable bonds is 11. The zero-order chi connectivity index (χ0) is 27.3. The predicted octanol–water partition coefficient (Wildman–Crippen LogP) is 6.50. The summed E-state index contributed by atoms with van der Waals surface area (Å²) in [5, 5.41) is 14.1. The van der Waals surface area contributed by atoms with Crippen LogP contribution in [0, 0.1) is 17.7 Å². The number of aromatic nitrogens is 4. The highest BCUT2D eigenvalue weighted by atomic mass is 19.1. The van der Waals surface area contributed by atoms with Crippen molar-refractivity contribution in [2.75, 3.05) is 5.32 Å². The summed E-state index contributed by atoms with van der Waals surface area (Å²) in [4.78, 5) is 22.5. The van der Waals surface area contributed by atoms with E-state index in [-0.39, 0.29) is 5.82 Å². The molecule has 4 rings (SSSR count). The molecule has 1 saturated carbocycles. The summed E-state index contributed by atoms with van der Waals surface area (Å²) >= 11 is 0. The average Bonchev–Trinajstić information content (AvgIpc) is 3.25. The van der Waals surface area contributed by atoms with Gasteiger partial charge in [-0.15, -0.1) is 0 Å². The monoisotopic (exact) mass is 523 g/mol. The zero-order valence-electron chi connectivity index (χ0n) is 23.2. The molecule has 8 heteroatoms. The molecule has 2 heterocycles. The van der Waals surface area contributed by atoms with Crippen LogP contribution in [0.3, 0.4) is 0 Å². The number of halogens is 1. The Hall–Kier alpha value is -3.00. The van der Waals surface area contributed by atoms with Gasteiger partial charge in [0.15, 0.2) is 0 Å². The lowest BCUT2D eigenvalue weighted by Crippen LogP contribution is -2.36. The Bertz CT molecular complexity index is 1240. The van der Waals surface area contributed by atoms with E-state index in [1.165, 1.54) is 66.2 Å². The van der Waals surface area contributed by atoms with E-state index in [0.717, 1.165) is 24.7 Å². The first kappa shape index (κ1) is 28.0. The highest BCUT2D eigenvalue weighted by Crippen LogP contribution is 2.34. The fourth-order valence-corrected chi connectivity index (χ4v) is 5.57. The quantitative estimate of drug-likeness (QED) is 0.280. The predicted molar refractivity (Wildman–Crippen MR) is 150 cm³/mol. The lowest BCUT2D eigenvalue weighted by atomic mass is 9.77. The zero-order valence-corrected chi connectivity index (χ0v) is 23.2. The Kier molecular flexibility index (Phi) is 9.03. The number of imidazole rings is 1. The van der Waals surface area contributed by atoms with Crippen molar-refractivity contribution in [2.24, 2.45) is 11.8 Å². The molecule has 1 unspecified atom stereocenters. The van der Waals surface area contributed by atoms with E-state index in [1.54, 1.807) is 44.4 Å². The van der Waals surface area contributed by atoms with Crippen LogP contribution < -0.4 is 11.0 Å². The highest BCUT2D eigenvalue weighted by Gasteiger charge is 2.27. The SMILES string of the molecule is CCCCCCC(C)C1CCC(Nc2nccc(-c3cn(C(C)(C)O)c(=O)n3-c3ccc(F)cc3)n2)CC1. The van der Waals surface area contributed by atoms with Gasteiger partial charge in [0, 0.05) is 18.4 Å². The van der Waals surface area contributed by atoms with E-state index in [1.807, 2.05) is 0 Å². The molecule has 3 aromatic rings. The number of nitrogens with one attached hydrogen (secondary N) is 1. The van der Waals surface area contributed by atoms with Crippen LogP contribution in [0.2, 0.25) is 0 Å². The van der Waals surface area contributed by atoms with Gasteiger partial charge in [0.05, 0.1) is 17.1 Å². The number of nitrogens with zero attached hydrogens (tertiary/aromatic N) is 4. The van der Waals surface area contributed by atoms with E-state index in [9.17, 15) is 14.3 Å². The first-order valence-electron chi connectivity index (χ1n) is 14.1. The molecule has 1 aliphatic carbocycles. The summed E-state index contributed by atoms with van der Waals surface area (Å²) in [7, 11) is 0. The van der Waals surface area contributed by atoms with Gasteiger partial charge in [-0.3, -0.25) is 9.13 Å². The minimum absolute atomic E-state index is 0.314. The molecule has 0 bridgehead atoms. The van der Waals surface area contributed by atoms with Gasteiger partial charge in [0.25, 0.3) is 0 Å². The average molecular weight is 524 g/mol. The van der Waals surface area contributed by atoms with Crippen molar-refractivity contribution in [3.63, 3.8) is 0 Å². The second kappa shape index (κ2) is 12.2. The van der Waals surface area contributed by atoms with Gasteiger partial charge in [0.1, 0.15) is 11.5 Å². The fourth-order valence-electron chi connectivity index (χ4n) is 5.57. The van der Waals surface area contributed by atoms with Crippen molar-refractivity contribution in [1.29, 1.82) is 0 Å². The van der Waals surface area contributed by atoms with Crippen LogP contribution in [-0.2, 0) is 5.72 Å². The van der Waals surface area contributed by atoms with Gasteiger partial charge in [0.2, 0.25) is 5.95 Å². The Morgan fingerprint density at radius 1 is 1.11 bits per heavy atom. The topological polar surface area (TPSA) is 85.0 Å². The lowest BCUT2D eigenvalue weighted by molar-refractivity contribution is -0.00165. The summed E-state index contributed by atoms with van der Waals surface area (Å²) in [6, 6.07) is 7.75. The van der Waals surface area contributed by atoms with Crippen LogP contribution in [0.25, 0.3) is 17.1 Å². The molecule has 2 aromatic heterocycles. The maximum Gasteiger partial charge on any atom is 0.335 e. The largest absolute Gasteiger partial charge is 0.371 e. The van der Waals surface area contributed by atoms with Gasteiger partial charge in [-0.05, 0) is 81.7 Å². The van der Waals surface area contributed by atoms with Gasteiger partial charge >= 0.3 is 5.69 Å². The smallest absolute Gasteiger partial charge is 0.335 e. The molecule has 38 heavy (non-hydrogen) atoms. The Morgan fingerprint density at radius 3 is 2.47 bits per heavy atom. The summed E-state index contributed by atoms with van der Waals surface area (Å²) in [5.74, 6) is 1.69. The third-order valence-electron chi connectivity index (χ3n) is 7.90. The van der Waals surface area contributed by atoms with Crippen molar-refractivity contribution < 1.29 is 9.50 Å². The molecular formula is C30H42FN5O2. The standard InChI is InChI=1S/C30H42FN5O2/c1-5-6-7-8-9-21(2)22-10-14-24(15-11-22)33-28-32-19-18-26(34-28)27-20-35(30(3,4)38)29(37)36(27)25-16-12-23(31)13-17-25/h12-13,16-22,24,38H,5-11,14-15H2,1-4H3,(H,32,33,34). The molecule has 1 aliphatic rings. The summed E-state index contributed by atoms with van der Waals surface area (Å²) < 4.78 is 16.3. The Balaban J connectivity index is 1.49. The first-order valence-corrected chi connectivity index (χ1v) is 14.1. The van der Waals surface area contributed by atoms with E-state index < -0.39 is 11.4 Å². The number of aliphatic hydroxyl groups is 1. The number of anilines is 1. The number of hydrogen-bond donors (Lipinski definition) is 2. The van der Waals surface area contributed by atoms with Crippen LogP contribution in [0.1, 0.15) is 85.5 Å². The second-order valence-electron chi connectivity index (χ2n) is 11.3. The molecule has 0 saturated heterocycles. The molecule has 2 N–H and O–H groups in total. The Labute approximate surface area is 225 Å². The van der Waals surface area contributed by atoms with Crippen molar-refractivity contribution >= 4 is 5.95 Å². The summed E-state index contributed by atoms with van der Waals surface area (Å²) in [5.41, 5.74) is -0.327. The van der Waals surface area contributed by atoms with Crippen LogP contribution in [-0.4, -0.2) is 30.3 Å². The minimum atomic E-state index is -1.42. The summed E-state index contributed by atoms with van der Waals surface area (Å²) in [6.07, 6.45) is 14.5. The fraction of sp³-hybridized carbons (Fsp3) is 0.567. The second-order valence-corrected chi connectivity index (χ2v) is 11.3. The van der Waals surface area contributed by atoms with Crippen LogP contribution in [0.15, 0.2) is 47.5 Å². The molecular weight excluding hydrogens is 481 g/mol. The van der Waals surface area contributed by atoms with Crippen LogP contribution >= 0.6 is 0 Å². The molecule has 0 spiro atoms. The molecule has 0 aliphatic heterocycles. The van der Waals surface area contributed by atoms with Gasteiger partial charge < -0.3 is 10.4 Å². The van der Waals surface area contributed by atoms with E-state index >= 15 is 0 Å². The van der Waals surface area contributed by atoms with E-state index in [4.69, 9.17) is 4.98 Å². The van der Waals surface area contributed by atoms with Crippen molar-refractivity contribution in [3.05, 3.63) is 59.0 Å². The van der Waals surface area contributed by atoms with Gasteiger partial charge in [-0.1, -0.05) is 46.0 Å². The number of unbranched alkanes of at least 4 members (excludes halogenated alkanes) is 3. The number of benzene rings is 1. The Morgan fingerprint density at radius 2 is 1.82 bits per heavy atom. The minimum Gasteiger partial charge on any atom is -0.371 e. The van der Waals surface area contributed by atoms with E-state index in [0.29, 0.717) is 29.1 Å². The molecule has 206 valence electrons. The molecule has 1 atom stereocenters. The molecule has 7 nitrogen and oxygen atoms in total. The third kappa shape index (κ3) is 6.70. The lowest BCUT2D eigenvalue weighted by Gasteiger charge is -2.32. The van der Waals surface area contributed by atoms with Crippen molar-refractivity contribution in [3.8, 4) is 17.1 Å². The molecule has 0 amide bonds. The molecule has 0 radical (unpaired) electrons. The highest BCUT2D eigenvalue weighted by molar-refractivity contribution is 5.59. The van der Waals surface area contributed by atoms with Gasteiger partial charge in [-0.25, -0.2) is 19.2 Å². The van der Waals surface area contributed by atoms with E-state index in [2.05, 4.69) is 24.1 Å². The maximum absolute atomic E-state index is 13.6. The van der Waals surface area contributed by atoms with Crippen LogP contribution in [0.5, 0.6) is 0 Å². The molecule has 1 aromatic carbocycles. The third-order valence-corrected chi connectivity index (χ3v) is 7.90. The maximum atomic E-state index is 13.6.